The van der Waals surface area contributed by atoms with Gasteiger partial charge in [-0.05, 0) is 68.1 Å². The topological polar surface area (TPSA) is 131 Å². The molecule has 266 valence electrons. The highest BCUT2D eigenvalue weighted by molar-refractivity contribution is 9.10. The van der Waals surface area contributed by atoms with Gasteiger partial charge in [0.05, 0.1) is 23.9 Å². The predicted octanol–water partition coefficient (Wildman–Crippen LogP) is 6.40. The second-order valence-corrected chi connectivity index (χ2v) is 15.1. The molecule has 0 radical (unpaired) electrons. The highest BCUT2D eigenvalue weighted by Crippen LogP contribution is 2.45. The molecule has 1 saturated carbocycles. The zero-order valence-electron chi connectivity index (χ0n) is 28.2. The smallest absolute Gasteiger partial charge is 0.278 e. The predicted molar refractivity (Wildman–Crippen MR) is 199 cm³/mol. The number of rotatable bonds is 8. The van der Waals surface area contributed by atoms with Crippen molar-refractivity contribution in [1.82, 2.24) is 20.7 Å². The number of thiazole rings is 1. The van der Waals surface area contributed by atoms with Crippen LogP contribution in [0.3, 0.4) is 0 Å². The van der Waals surface area contributed by atoms with E-state index in [4.69, 9.17) is 14.3 Å². The van der Waals surface area contributed by atoms with Crippen LogP contribution in [0.4, 0.5) is 5.69 Å². The summed E-state index contributed by atoms with van der Waals surface area (Å²) >= 11 is 4.93. The molecular formula is C38H40BrN5O6S. The summed E-state index contributed by atoms with van der Waals surface area (Å²) in [4.78, 5) is 54.5. The molecule has 5 atom stereocenters. The van der Waals surface area contributed by atoms with Gasteiger partial charge in [0, 0.05) is 28.6 Å². The van der Waals surface area contributed by atoms with Crippen molar-refractivity contribution in [3.8, 4) is 16.7 Å². The molecule has 0 unspecified atom stereocenters. The summed E-state index contributed by atoms with van der Waals surface area (Å²) in [5, 5.41) is 6.97. The van der Waals surface area contributed by atoms with E-state index in [1.165, 1.54) is 11.3 Å². The summed E-state index contributed by atoms with van der Waals surface area (Å²) in [7, 11) is 1.60. The molecule has 0 spiro atoms. The summed E-state index contributed by atoms with van der Waals surface area (Å²) in [6.45, 7) is 0.187. The normalized spacial score (nSPS) is 25.7. The van der Waals surface area contributed by atoms with E-state index in [0.29, 0.717) is 29.5 Å². The van der Waals surface area contributed by atoms with E-state index >= 15 is 0 Å². The number of carbonyl (C=O) groups excluding carboxylic acids is 3. The molecule has 3 N–H and O–H groups in total. The van der Waals surface area contributed by atoms with Crippen LogP contribution in [-0.2, 0) is 14.4 Å². The Balaban J connectivity index is 1.17. The number of hydrogen-bond acceptors (Lipinski definition) is 9. The summed E-state index contributed by atoms with van der Waals surface area (Å²) in [6, 6.07) is 20.8. The number of aromatic nitrogens is 1. The van der Waals surface area contributed by atoms with E-state index < -0.39 is 35.5 Å². The van der Waals surface area contributed by atoms with Crippen molar-refractivity contribution >= 4 is 60.9 Å². The van der Waals surface area contributed by atoms with Crippen molar-refractivity contribution in [3.63, 3.8) is 0 Å². The van der Waals surface area contributed by atoms with Gasteiger partial charge in [-0.25, -0.2) is 4.98 Å². The van der Waals surface area contributed by atoms with Crippen LogP contribution in [0.5, 0.6) is 16.7 Å². The van der Waals surface area contributed by atoms with E-state index in [1.54, 1.807) is 24.1 Å². The standard InChI is InChI=1S/C38H40BrN5O6S/c1-48-28-15-10-12-26(20-28)40-31-16-9-4-2-3-6-11-24-22-38(24,36(47)43-50-27-13-7-5-8-14-27)42-34(45)32-21-29(23-44(32)35(31)46)49-37-41-30-18-17-25(39)19-33(30)51-37/h5-8,10-15,17-20,24,29,31-32,40H,2-4,9,16,21-23H2,1H3,(H,42,45)(H,43,47)/b11-6-/t24-,29-,31+,32+,38-/m1/s1. The van der Waals surface area contributed by atoms with Crippen LogP contribution in [0.15, 0.2) is 89.4 Å². The van der Waals surface area contributed by atoms with Crippen molar-refractivity contribution in [2.75, 3.05) is 19.0 Å². The molecule has 1 aliphatic carbocycles. The van der Waals surface area contributed by atoms with Crippen LogP contribution < -0.4 is 30.4 Å². The number of hydrogen-bond donors (Lipinski definition) is 3. The lowest BCUT2D eigenvalue weighted by Gasteiger charge is -2.30. The Morgan fingerprint density at radius 1 is 1.04 bits per heavy atom. The average Bonchev–Trinajstić information content (AvgIpc) is 3.44. The minimum Gasteiger partial charge on any atom is -0.497 e. The Kier molecular flexibility index (Phi) is 10.5. The maximum Gasteiger partial charge on any atom is 0.278 e. The molecule has 7 rings (SSSR count). The van der Waals surface area contributed by atoms with Gasteiger partial charge >= 0.3 is 0 Å². The van der Waals surface area contributed by atoms with Gasteiger partial charge in [0.15, 0.2) is 5.75 Å². The Hall–Kier alpha value is -4.62. The number of para-hydroxylation sites is 1. The number of amides is 3. The van der Waals surface area contributed by atoms with Gasteiger partial charge < -0.3 is 29.8 Å². The summed E-state index contributed by atoms with van der Waals surface area (Å²) in [5.41, 5.74) is 2.90. The number of fused-ring (bicyclic) bond motifs is 3. The van der Waals surface area contributed by atoms with E-state index in [-0.39, 0.29) is 24.8 Å². The van der Waals surface area contributed by atoms with Gasteiger partial charge in [-0.15, -0.1) is 0 Å². The summed E-state index contributed by atoms with van der Waals surface area (Å²) in [5.74, 6) is -0.131. The molecule has 3 heterocycles. The third kappa shape index (κ3) is 7.99. The third-order valence-electron chi connectivity index (χ3n) is 9.66. The molecule has 11 nitrogen and oxygen atoms in total. The molecule has 3 amide bonds. The number of nitrogens with zero attached hydrogens (tertiary/aromatic N) is 2. The molecule has 3 aliphatic rings. The number of halogens is 1. The number of hydroxylamine groups is 1. The Morgan fingerprint density at radius 3 is 2.73 bits per heavy atom. The lowest BCUT2D eigenvalue weighted by atomic mass is 10.0. The van der Waals surface area contributed by atoms with Crippen LogP contribution in [0, 0.1) is 5.92 Å². The van der Waals surface area contributed by atoms with E-state index in [1.807, 2.05) is 66.7 Å². The lowest BCUT2D eigenvalue weighted by molar-refractivity contribution is -0.141. The van der Waals surface area contributed by atoms with E-state index in [9.17, 15) is 14.4 Å². The molecule has 3 aromatic carbocycles. The highest BCUT2D eigenvalue weighted by atomic mass is 79.9. The minimum absolute atomic E-state index is 0.187. The molecule has 0 bridgehead atoms. The SMILES string of the molecule is COc1cccc(N[C@H]2CCCCC/C=C\[C@@H]3C[C@@]3(C(=O)NOc3ccccc3)NC(=O)[C@@H]3C[C@@H](Oc4nc5ccc(Br)cc5s4)CN3C2=O)c1. The average molecular weight is 775 g/mol. The number of benzene rings is 3. The van der Waals surface area contributed by atoms with Gasteiger partial charge in [-0.3, -0.25) is 14.4 Å². The second kappa shape index (κ2) is 15.3. The van der Waals surface area contributed by atoms with Crippen molar-refractivity contribution in [3.05, 3.63) is 89.4 Å². The van der Waals surface area contributed by atoms with Gasteiger partial charge in [0.1, 0.15) is 29.5 Å². The zero-order chi connectivity index (χ0) is 35.4. The van der Waals surface area contributed by atoms with E-state index in [0.717, 1.165) is 46.1 Å². The number of ether oxygens (including phenoxy) is 2. The molecule has 1 aromatic heterocycles. The number of methoxy groups -OCH3 is 1. The quantitative estimate of drug-likeness (QED) is 0.139. The first-order chi connectivity index (χ1) is 24.8. The van der Waals surface area contributed by atoms with Gasteiger partial charge in [0.25, 0.3) is 11.1 Å². The first-order valence-electron chi connectivity index (χ1n) is 17.3. The maximum absolute atomic E-state index is 14.6. The highest BCUT2D eigenvalue weighted by Gasteiger charge is 2.61. The Labute approximate surface area is 308 Å². The fourth-order valence-electron chi connectivity index (χ4n) is 6.83. The molecule has 1 saturated heterocycles. The van der Waals surface area contributed by atoms with Crippen LogP contribution in [0.1, 0.15) is 44.9 Å². The summed E-state index contributed by atoms with van der Waals surface area (Å²) < 4.78 is 13.7. The molecule has 2 fully saturated rings. The minimum atomic E-state index is -1.21. The molecule has 51 heavy (non-hydrogen) atoms. The Bertz CT molecular complexity index is 1920. The van der Waals surface area contributed by atoms with Crippen molar-refractivity contribution < 1.29 is 28.7 Å². The van der Waals surface area contributed by atoms with Crippen LogP contribution in [0.2, 0.25) is 0 Å². The van der Waals surface area contributed by atoms with Crippen LogP contribution in [-0.4, -0.2) is 65.0 Å². The first kappa shape index (κ1) is 34.8. The van der Waals surface area contributed by atoms with Gasteiger partial charge in [0.2, 0.25) is 11.8 Å². The number of nitrogens with one attached hydrogen (secondary N) is 3. The second-order valence-electron chi connectivity index (χ2n) is 13.2. The van der Waals surface area contributed by atoms with Crippen molar-refractivity contribution in [2.24, 2.45) is 5.92 Å². The monoisotopic (exact) mass is 773 g/mol. The molecule has 2 aliphatic heterocycles. The molecule has 13 heteroatoms. The third-order valence-corrected chi connectivity index (χ3v) is 11.1. The fourth-order valence-corrected chi connectivity index (χ4v) is 8.27. The lowest BCUT2D eigenvalue weighted by Crippen LogP contribution is -2.57. The van der Waals surface area contributed by atoms with Crippen molar-refractivity contribution in [2.45, 2.75) is 68.7 Å². The molecule has 4 aromatic rings. The summed E-state index contributed by atoms with van der Waals surface area (Å²) in [6.07, 6.45) is 8.36. The van der Waals surface area contributed by atoms with Gasteiger partial charge in [-0.2, -0.15) is 5.48 Å². The fraction of sp³-hybridized carbons (Fsp3) is 0.368. The van der Waals surface area contributed by atoms with Crippen molar-refractivity contribution in [1.29, 1.82) is 0 Å². The number of anilines is 1. The largest absolute Gasteiger partial charge is 0.497 e. The first-order valence-corrected chi connectivity index (χ1v) is 18.9. The Morgan fingerprint density at radius 2 is 1.88 bits per heavy atom. The molecular weight excluding hydrogens is 734 g/mol. The number of allylic oxidation sites excluding steroid dienone is 1. The number of carbonyl (C=O) groups is 3. The van der Waals surface area contributed by atoms with Crippen LogP contribution in [0.25, 0.3) is 10.2 Å². The maximum atomic E-state index is 14.6. The zero-order valence-corrected chi connectivity index (χ0v) is 30.6. The van der Waals surface area contributed by atoms with E-state index in [2.05, 4.69) is 43.1 Å². The van der Waals surface area contributed by atoms with Crippen LogP contribution >= 0.6 is 27.3 Å². The van der Waals surface area contributed by atoms with Gasteiger partial charge in [-0.1, -0.05) is 76.5 Å².